The molecule has 11 heavy (non-hydrogen) atoms. The second-order valence-corrected chi connectivity index (χ2v) is 2.78. The monoisotopic (exact) mass is 158 g/mol. The van der Waals surface area contributed by atoms with Gasteiger partial charge in [-0.25, -0.2) is 4.79 Å². The Morgan fingerprint density at radius 3 is 2.36 bits per heavy atom. The molecule has 0 aliphatic carbocycles. The molecule has 1 rings (SSSR count). The highest BCUT2D eigenvalue weighted by Gasteiger charge is 2.17. The second-order valence-electron chi connectivity index (χ2n) is 2.78. The van der Waals surface area contributed by atoms with E-state index in [4.69, 9.17) is 4.74 Å². The molecule has 0 bridgehead atoms. The average Bonchev–Trinajstić information content (AvgIpc) is 2.05. The molecule has 0 unspecified atom stereocenters. The van der Waals surface area contributed by atoms with E-state index in [1.807, 2.05) is 0 Å². The van der Waals surface area contributed by atoms with E-state index >= 15 is 0 Å². The van der Waals surface area contributed by atoms with Gasteiger partial charge in [0.2, 0.25) is 0 Å². The maximum atomic E-state index is 11.3. The van der Waals surface area contributed by atoms with Gasteiger partial charge in [-0.05, 0) is 0 Å². The van der Waals surface area contributed by atoms with E-state index in [0.29, 0.717) is 13.2 Å². The zero-order valence-electron chi connectivity index (χ0n) is 7.04. The highest BCUT2D eigenvalue weighted by Crippen LogP contribution is 1.99. The number of hydrogen-bond acceptors (Lipinski definition) is 2. The van der Waals surface area contributed by atoms with Gasteiger partial charge in [0.25, 0.3) is 0 Å². The van der Waals surface area contributed by atoms with Crippen molar-refractivity contribution in [2.45, 2.75) is 0 Å². The van der Waals surface area contributed by atoms with Crippen LogP contribution in [0, 0.1) is 0 Å². The number of amides is 2. The van der Waals surface area contributed by atoms with Crippen molar-refractivity contribution in [1.82, 2.24) is 9.80 Å². The molecule has 1 aliphatic rings. The molecule has 4 nitrogen and oxygen atoms in total. The fraction of sp³-hybridized carbons (Fsp3) is 0.857. The molecular weight excluding hydrogens is 144 g/mol. The maximum absolute atomic E-state index is 11.3. The minimum absolute atomic E-state index is 0.0771. The molecular formula is C7H14N2O2. The Morgan fingerprint density at radius 2 is 1.91 bits per heavy atom. The van der Waals surface area contributed by atoms with E-state index < -0.39 is 0 Å². The van der Waals surface area contributed by atoms with Crippen molar-refractivity contribution in [3.8, 4) is 0 Å². The lowest BCUT2D eigenvalue weighted by Crippen LogP contribution is -2.45. The van der Waals surface area contributed by atoms with Crippen LogP contribution in [-0.4, -0.2) is 56.2 Å². The van der Waals surface area contributed by atoms with Crippen LogP contribution in [0.1, 0.15) is 0 Å². The standard InChI is InChI=1S/C7H14N2O2/c1-8(2)7(10)9-3-5-11-6-4-9/h3-6H2,1-2H3. The van der Waals surface area contributed by atoms with Gasteiger partial charge in [0.05, 0.1) is 13.2 Å². The van der Waals surface area contributed by atoms with Crippen LogP contribution >= 0.6 is 0 Å². The fourth-order valence-electron chi connectivity index (χ4n) is 1.04. The van der Waals surface area contributed by atoms with Gasteiger partial charge in [0.15, 0.2) is 0 Å². The van der Waals surface area contributed by atoms with E-state index in [0.717, 1.165) is 13.1 Å². The Balaban J connectivity index is 2.39. The first-order chi connectivity index (χ1) is 5.22. The molecule has 0 N–H and O–H groups in total. The molecule has 1 heterocycles. The van der Waals surface area contributed by atoms with Gasteiger partial charge < -0.3 is 14.5 Å². The third-order valence-corrected chi connectivity index (χ3v) is 1.66. The van der Waals surface area contributed by atoms with Crippen molar-refractivity contribution in [3.63, 3.8) is 0 Å². The first-order valence-electron chi connectivity index (χ1n) is 3.76. The molecule has 0 aromatic rings. The molecule has 1 aliphatic heterocycles. The van der Waals surface area contributed by atoms with E-state index in [-0.39, 0.29) is 6.03 Å². The number of ether oxygens (including phenoxy) is 1. The quantitative estimate of drug-likeness (QED) is 0.497. The predicted octanol–water partition coefficient (Wildman–Crippen LogP) is 0.000200. The van der Waals surface area contributed by atoms with Crippen molar-refractivity contribution in [1.29, 1.82) is 0 Å². The van der Waals surface area contributed by atoms with Crippen LogP contribution in [0.15, 0.2) is 0 Å². The number of morpholine rings is 1. The number of carbonyl (C=O) groups excluding carboxylic acids is 1. The molecule has 0 spiro atoms. The lowest BCUT2D eigenvalue weighted by Gasteiger charge is -2.29. The Morgan fingerprint density at radius 1 is 1.36 bits per heavy atom. The van der Waals surface area contributed by atoms with Crippen molar-refractivity contribution < 1.29 is 9.53 Å². The number of rotatable bonds is 0. The minimum Gasteiger partial charge on any atom is -0.378 e. The van der Waals surface area contributed by atoms with Crippen molar-refractivity contribution in [3.05, 3.63) is 0 Å². The zero-order valence-corrected chi connectivity index (χ0v) is 7.04. The third-order valence-electron chi connectivity index (χ3n) is 1.66. The second kappa shape index (κ2) is 3.57. The van der Waals surface area contributed by atoms with E-state index in [2.05, 4.69) is 0 Å². The highest BCUT2D eigenvalue weighted by molar-refractivity contribution is 5.73. The number of nitrogens with zero attached hydrogens (tertiary/aromatic N) is 2. The van der Waals surface area contributed by atoms with E-state index in [1.54, 1.807) is 23.9 Å². The predicted molar refractivity (Wildman–Crippen MR) is 41.5 cm³/mol. The molecule has 2 amide bonds. The Kier molecular flexibility index (Phi) is 2.70. The molecule has 0 atom stereocenters. The van der Waals surface area contributed by atoms with Gasteiger partial charge >= 0.3 is 6.03 Å². The van der Waals surface area contributed by atoms with Crippen molar-refractivity contribution >= 4 is 6.03 Å². The van der Waals surface area contributed by atoms with Crippen LogP contribution in [0.5, 0.6) is 0 Å². The molecule has 4 heteroatoms. The molecule has 1 fully saturated rings. The summed E-state index contributed by atoms with van der Waals surface area (Å²) in [6.07, 6.45) is 0. The van der Waals surface area contributed by atoms with Crippen molar-refractivity contribution in [2.24, 2.45) is 0 Å². The van der Waals surface area contributed by atoms with Crippen LogP contribution < -0.4 is 0 Å². The Hall–Kier alpha value is -0.770. The van der Waals surface area contributed by atoms with Crippen LogP contribution in [0.4, 0.5) is 4.79 Å². The van der Waals surface area contributed by atoms with Crippen LogP contribution in [-0.2, 0) is 4.74 Å². The maximum Gasteiger partial charge on any atom is 0.319 e. The Labute approximate surface area is 66.7 Å². The SMILES string of the molecule is CN(C)C(=O)N1CCOCC1. The fourth-order valence-corrected chi connectivity index (χ4v) is 1.04. The summed E-state index contributed by atoms with van der Waals surface area (Å²) in [5.74, 6) is 0. The summed E-state index contributed by atoms with van der Waals surface area (Å²) in [5.41, 5.74) is 0. The number of urea groups is 1. The van der Waals surface area contributed by atoms with Gasteiger partial charge in [-0.1, -0.05) is 0 Å². The van der Waals surface area contributed by atoms with E-state index in [9.17, 15) is 4.79 Å². The van der Waals surface area contributed by atoms with Gasteiger partial charge in [-0.3, -0.25) is 0 Å². The van der Waals surface area contributed by atoms with Crippen LogP contribution in [0.25, 0.3) is 0 Å². The highest BCUT2D eigenvalue weighted by atomic mass is 16.5. The molecule has 64 valence electrons. The lowest BCUT2D eigenvalue weighted by atomic mass is 10.4. The first kappa shape index (κ1) is 8.33. The number of carbonyl (C=O) groups is 1. The van der Waals surface area contributed by atoms with Crippen LogP contribution in [0.2, 0.25) is 0 Å². The van der Waals surface area contributed by atoms with E-state index in [1.165, 1.54) is 0 Å². The van der Waals surface area contributed by atoms with Gasteiger partial charge in [0.1, 0.15) is 0 Å². The summed E-state index contributed by atoms with van der Waals surface area (Å²) < 4.78 is 5.12. The summed E-state index contributed by atoms with van der Waals surface area (Å²) >= 11 is 0. The summed E-state index contributed by atoms with van der Waals surface area (Å²) in [4.78, 5) is 14.7. The Bertz CT molecular complexity index is 141. The summed E-state index contributed by atoms with van der Waals surface area (Å²) in [7, 11) is 3.52. The van der Waals surface area contributed by atoms with Gasteiger partial charge in [-0.2, -0.15) is 0 Å². The summed E-state index contributed by atoms with van der Waals surface area (Å²) in [6.45, 7) is 2.77. The average molecular weight is 158 g/mol. The molecule has 1 saturated heterocycles. The lowest BCUT2D eigenvalue weighted by molar-refractivity contribution is 0.0470. The number of hydrogen-bond donors (Lipinski definition) is 0. The zero-order chi connectivity index (χ0) is 8.27. The summed E-state index contributed by atoms with van der Waals surface area (Å²) in [6, 6.07) is 0.0771. The minimum atomic E-state index is 0.0771. The first-order valence-corrected chi connectivity index (χ1v) is 3.76. The summed E-state index contributed by atoms with van der Waals surface area (Å²) in [5, 5.41) is 0. The molecule has 0 radical (unpaired) electrons. The molecule has 0 saturated carbocycles. The molecule has 0 aromatic heterocycles. The largest absolute Gasteiger partial charge is 0.378 e. The normalized spacial score (nSPS) is 18.2. The van der Waals surface area contributed by atoms with Gasteiger partial charge in [0, 0.05) is 27.2 Å². The van der Waals surface area contributed by atoms with Gasteiger partial charge in [-0.15, -0.1) is 0 Å². The molecule has 0 aromatic carbocycles. The van der Waals surface area contributed by atoms with Crippen molar-refractivity contribution in [2.75, 3.05) is 40.4 Å². The smallest absolute Gasteiger partial charge is 0.319 e. The van der Waals surface area contributed by atoms with Crippen LogP contribution in [0.3, 0.4) is 0 Å². The third kappa shape index (κ3) is 2.08. The topological polar surface area (TPSA) is 32.8 Å².